The number of nitrogens with one attached hydrogen (secondary N) is 2. The van der Waals surface area contributed by atoms with Crippen LogP contribution >= 0.6 is 0 Å². The minimum atomic E-state index is -1.20. The van der Waals surface area contributed by atoms with Gasteiger partial charge in [-0.1, -0.05) is 43.3 Å². The van der Waals surface area contributed by atoms with Crippen molar-refractivity contribution in [3.8, 4) is 0 Å². The number of ketones is 1. The van der Waals surface area contributed by atoms with Gasteiger partial charge in [0.05, 0.1) is 24.6 Å². The summed E-state index contributed by atoms with van der Waals surface area (Å²) >= 11 is 0. The van der Waals surface area contributed by atoms with E-state index in [1.165, 1.54) is 11.7 Å². The summed E-state index contributed by atoms with van der Waals surface area (Å²) in [6.45, 7) is 23.2. The van der Waals surface area contributed by atoms with Crippen molar-refractivity contribution in [3.63, 3.8) is 0 Å². The topological polar surface area (TPSA) is 226 Å². The number of carbonyl (C=O) groups is 8. The van der Waals surface area contributed by atoms with Crippen LogP contribution in [0.4, 0.5) is 19.2 Å². The first-order valence-electron chi connectivity index (χ1n) is 21.4. The highest BCUT2D eigenvalue weighted by molar-refractivity contribution is 5.99. The van der Waals surface area contributed by atoms with Crippen LogP contribution in [0.3, 0.4) is 0 Å². The number of Topliss-reactive ketones (excluding diaryl/α,β-unsaturated/α-hetero) is 1. The highest BCUT2D eigenvalue weighted by Crippen LogP contribution is 2.25. The molecule has 18 nitrogen and oxygen atoms in total. The van der Waals surface area contributed by atoms with Gasteiger partial charge in [-0.15, -0.1) is 0 Å². The number of aryl methyl sites for hydroxylation is 1. The van der Waals surface area contributed by atoms with Crippen LogP contribution in [-0.2, 0) is 60.4 Å². The average Bonchev–Trinajstić information content (AvgIpc) is 3.83. The Morgan fingerprint density at radius 2 is 1.11 bits per heavy atom. The monoisotopic (exact) mass is 920 g/mol. The van der Waals surface area contributed by atoms with E-state index in [1.807, 2.05) is 51.2 Å². The molecule has 0 bridgehead atoms. The van der Waals surface area contributed by atoms with Gasteiger partial charge in [-0.05, 0) is 113 Å². The second kappa shape index (κ2) is 22.0. The number of methoxy groups -OCH3 is 1. The molecule has 5 rings (SSSR count). The lowest BCUT2D eigenvalue weighted by Gasteiger charge is -2.22. The van der Waals surface area contributed by atoms with Crippen molar-refractivity contribution in [1.82, 2.24) is 19.8 Å². The largest absolute Gasteiger partial charge is 0.467 e. The van der Waals surface area contributed by atoms with Crippen molar-refractivity contribution in [2.75, 3.05) is 7.11 Å². The number of ether oxygens (including phenoxy) is 6. The zero-order chi connectivity index (χ0) is 49.9. The van der Waals surface area contributed by atoms with Crippen LogP contribution in [0.25, 0.3) is 21.8 Å². The molecule has 1 aliphatic heterocycles. The molecule has 360 valence electrons. The summed E-state index contributed by atoms with van der Waals surface area (Å²) in [5.41, 5.74) is 0.705. The Morgan fingerprint density at radius 3 is 1.53 bits per heavy atom. The van der Waals surface area contributed by atoms with E-state index in [-0.39, 0.29) is 31.1 Å². The molecule has 1 saturated heterocycles. The van der Waals surface area contributed by atoms with E-state index in [9.17, 15) is 38.4 Å². The molecule has 3 heterocycles. The molecule has 18 heteroatoms. The number of esters is 3. The Balaban J connectivity index is 0.000000292. The molecule has 2 amide bonds. The number of alkyl carbamates (subject to hydrolysis) is 2. The molecular weight excluding hydrogens is 857 g/mol. The third-order valence-electron chi connectivity index (χ3n) is 8.71. The molecule has 2 aromatic carbocycles. The van der Waals surface area contributed by atoms with Gasteiger partial charge >= 0.3 is 42.3 Å². The molecule has 4 aromatic rings. The fourth-order valence-corrected chi connectivity index (χ4v) is 6.18. The Hall–Kier alpha value is -6.72. The first-order chi connectivity index (χ1) is 30.4. The lowest BCUT2D eigenvalue weighted by atomic mass is 10.0. The van der Waals surface area contributed by atoms with Crippen molar-refractivity contribution in [2.45, 2.75) is 150 Å². The van der Waals surface area contributed by atoms with Crippen molar-refractivity contribution in [1.29, 1.82) is 0 Å². The summed E-state index contributed by atoms with van der Waals surface area (Å²) in [6.07, 6.45) is 1.40. The van der Waals surface area contributed by atoms with Gasteiger partial charge in [-0.2, -0.15) is 0 Å². The van der Waals surface area contributed by atoms with E-state index in [1.54, 1.807) is 97.3 Å². The molecule has 1 aliphatic rings. The average molecular weight is 921 g/mol. The fourth-order valence-electron chi connectivity index (χ4n) is 6.18. The van der Waals surface area contributed by atoms with Gasteiger partial charge in [0.2, 0.25) is 0 Å². The van der Waals surface area contributed by atoms with Crippen LogP contribution in [0.15, 0.2) is 60.9 Å². The molecule has 0 spiro atoms. The van der Waals surface area contributed by atoms with Crippen LogP contribution in [0, 0.1) is 0 Å². The van der Waals surface area contributed by atoms with Crippen LogP contribution in [0.5, 0.6) is 0 Å². The number of cyclic esters (lactones) is 2. The number of rotatable bonds is 8. The van der Waals surface area contributed by atoms with E-state index in [0.29, 0.717) is 16.5 Å². The summed E-state index contributed by atoms with van der Waals surface area (Å²) in [5, 5.41) is 6.48. The van der Waals surface area contributed by atoms with Crippen molar-refractivity contribution in [3.05, 3.63) is 72.1 Å². The van der Waals surface area contributed by atoms with Crippen LogP contribution in [0.2, 0.25) is 0 Å². The third kappa shape index (κ3) is 17.0. The molecule has 0 radical (unpaired) electrons. The highest BCUT2D eigenvalue weighted by Gasteiger charge is 2.36. The number of aromatic nitrogens is 2. The van der Waals surface area contributed by atoms with Crippen LogP contribution in [0.1, 0.15) is 114 Å². The highest BCUT2D eigenvalue weighted by atomic mass is 16.6. The standard InChI is InChI=1S/C24H32N2O7.C15H19NO2.C9H13NO5/c1-23(2,3)32-21(29)25-18(20(28)31-7)13-16(27)12-15-14-26(22(30)33-24(4,5)6)19-11-9-8-10-17(15)19;1-5-11-10-16(14(17)18-15(2,3)4)13-9-7-6-8-12(11)13;1-9(2,3)15-8(13)10-5-4-6(11)14-7(5)12/h8-11,14,18H,12-13H2,1-7H3,(H,25,29);6-10H,5H2,1-4H3;5H,4H2,1-3H3,(H,10,13). The van der Waals surface area contributed by atoms with Gasteiger partial charge in [0.15, 0.2) is 0 Å². The molecule has 1 fully saturated rings. The van der Waals surface area contributed by atoms with E-state index in [2.05, 4.69) is 22.3 Å². The summed E-state index contributed by atoms with van der Waals surface area (Å²) in [5.74, 6) is -2.47. The van der Waals surface area contributed by atoms with Crippen LogP contribution in [-0.4, -0.2) is 98.8 Å². The lowest BCUT2D eigenvalue weighted by molar-refractivity contribution is -0.152. The number of carbonyl (C=O) groups excluding carboxylic acids is 8. The number of para-hydroxylation sites is 2. The molecule has 2 N–H and O–H groups in total. The second-order valence-corrected chi connectivity index (χ2v) is 19.2. The molecule has 2 unspecified atom stereocenters. The van der Waals surface area contributed by atoms with Gasteiger partial charge in [0, 0.05) is 36.0 Å². The number of fused-ring (bicyclic) bond motifs is 2. The third-order valence-corrected chi connectivity index (χ3v) is 8.71. The number of benzene rings is 2. The van der Waals surface area contributed by atoms with Gasteiger partial charge < -0.3 is 39.1 Å². The maximum absolute atomic E-state index is 12.8. The first kappa shape index (κ1) is 53.6. The maximum Gasteiger partial charge on any atom is 0.419 e. The Kier molecular flexibility index (Phi) is 17.9. The zero-order valence-corrected chi connectivity index (χ0v) is 40.4. The molecule has 2 aromatic heterocycles. The lowest BCUT2D eigenvalue weighted by Crippen LogP contribution is -2.45. The summed E-state index contributed by atoms with van der Waals surface area (Å²) in [6, 6.07) is 12.9. The minimum absolute atomic E-state index is 0.0558. The van der Waals surface area contributed by atoms with E-state index in [0.717, 1.165) is 22.9 Å². The van der Waals surface area contributed by atoms with E-state index < -0.39 is 70.7 Å². The normalized spacial score (nSPS) is 14.4. The quantitative estimate of drug-likeness (QED) is 0.0963. The smallest absolute Gasteiger partial charge is 0.419 e. The predicted molar refractivity (Wildman–Crippen MR) is 244 cm³/mol. The SMILES string of the molecule is CC(C)(C)OC(=O)NC1CC(=O)OC1=O.CCc1cn(C(=O)OC(C)(C)C)c2ccccc12.COC(=O)C(CC(=O)Cc1cn(C(=O)OC(C)(C)C)c2ccccc12)NC(=O)OC(C)(C)C. The minimum Gasteiger partial charge on any atom is -0.467 e. The summed E-state index contributed by atoms with van der Waals surface area (Å²) in [7, 11) is 1.17. The van der Waals surface area contributed by atoms with Gasteiger partial charge in [-0.25, -0.2) is 28.8 Å². The molecular formula is C48H64N4O14. The molecule has 66 heavy (non-hydrogen) atoms. The Bertz CT molecular complexity index is 2420. The van der Waals surface area contributed by atoms with E-state index >= 15 is 0 Å². The maximum atomic E-state index is 12.8. The van der Waals surface area contributed by atoms with Crippen LogP contribution < -0.4 is 10.6 Å². The fraction of sp³-hybridized carbons (Fsp3) is 0.500. The number of nitrogens with zero attached hydrogens (tertiary/aromatic N) is 2. The molecule has 0 saturated carbocycles. The first-order valence-corrected chi connectivity index (χ1v) is 21.4. The van der Waals surface area contributed by atoms with Gasteiger partial charge in [-0.3, -0.25) is 18.7 Å². The van der Waals surface area contributed by atoms with Gasteiger partial charge in [0.1, 0.15) is 40.3 Å². The number of hydrogen-bond acceptors (Lipinski definition) is 14. The van der Waals surface area contributed by atoms with E-state index in [4.69, 9.17) is 23.7 Å². The summed E-state index contributed by atoms with van der Waals surface area (Å²) in [4.78, 5) is 94.7. The van der Waals surface area contributed by atoms with Crippen molar-refractivity contribution >= 4 is 69.9 Å². The Labute approximate surface area is 384 Å². The molecule has 0 aliphatic carbocycles. The van der Waals surface area contributed by atoms with Gasteiger partial charge in [0.25, 0.3) is 0 Å². The predicted octanol–water partition coefficient (Wildman–Crippen LogP) is 8.33. The Morgan fingerprint density at radius 1 is 0.667 bits per heavy atom. The van der Waals surface area contributed by atoms with Crippen molar-refractivity contribution < 1.29 is 66.8 Å². The molecule has 2 atom stereocenters. The zero-order valence-electron chi connectivity index (χ0n) is 40.4. The second-order valence-electron chi connectivity index (χ2n) is 19.2. The number of amides is 2. The number of hydrogen-bond donors (Lipinski definition) is 2. The summed E-state index contributed by atoms with van der Waals surface area (Å²) < 4.78 is 32.9. The van der Waals surface area contributed by atoms with Crippen molar-refractivity contribution in [2.24, 2.45) is 0 Å².